The molecule has 0 bridgehead atoms. The van der Waals surface area contributed by atoms with E-state index in [2.05, 4.69) is 90.1 Å². The maximum atomic E-state index is 6.38. The van der Waals surface area contributed by atoms with Gasteiger partial charge in [-0.05, 0) is 73.2 Å². The quantitative estimate of drug-likeness (QED) is 0.0669. The van der Waals surface area contributed by atoms with Crippen LogP contribution < -0.4 is 9.47 Å². The predicted molar refractivity (Wildman–Crippen MR) is 208 cm³/mol. The highest BCUT2D eigenvalue weighted by molar-refractivity contribution is 5.52. The van der Waals surface area contributed by atoms with Crippen LogP contribution in [0, 0.1) is 0 Å². The van der Waals surface area contributed by atoms with Crippen LogP contribution in [-0.2, 0) is 65.7 Å². The van der Waals surface area contributed by atoms with Gasteiger partial charge in [-0.1, -0.05) is 78.6 Å². The zero-order valence-electron chi connectivity index (χ0n) is 34.1. The number of rotatable bonds is 24. The molecular formula is C44H66O8. The molecule has 0 heterocycles. The van der Waals surface area contributed by atoms with Crippen LogP contribution in [0.4, 0.5) is 0 Å². The van der Waals surface area contributed by atoms with Gasteiger partial charge in [0.2, 0.25) is 0 Å². The van der Waals surface area contributed by atoms with Crippen LogP contribution in [0.5, 0.6) is 11.5 Å². The Kier molecular flexibility index (Phi) is 17.6. The van der Waals surface area contributed by atoms with Gasteiger partial charge in [0.05, 0.1) is 39.6 Å². The van der Waals surface area contributed by atoms with Crippen LogP contribution in [-0.4, -0.2) is 54.2 Å². The van der Waals surface area contributed by atoms with Crippen LogP contribution in [0.3, 0.4) is 0 Å². The topological polar surface area (TPSA) is 73.8 Å². The molecule has 3 rings (SSSR count). The highest BCUT2D eigenvalue weighted by Gasteiger charge is 2.30. The van der Waals surface area contributed by atoms with E-state index >= 15 is 0 Å². The summed E-state index contributed by atoms with van der Waals surface area (Å²) in [7, 11) is 6.83. The lowest BCUT2D eigenvalue weighted by atomic mass is 9.73. The normalized spacial score (nSPS) is 13.3. The van der Waals surface area contributed by atoms with Gasteiger partial charge >= 0.3 is 0 Å². The van der Waals surface area contributed by atoms with E-state index in [-0.39, 0.29) is 23.4 Å². The van der Waals surface area contributed by atoms with Gasteiger partial charge in [-0.15, -0.1) is 0 Å². The molecule has 0 aromatic heterocycles. The second-order valence-corrected chi connectivity index (χ2v) is 14.6. The molecule has 0 aliphatic carbocycles. The minimum Gasteiger partial charge on any atom is -0.465 e. The molecule has 8 nitrogen and oxygen atoms in total. The van der Waals surface area contributed by atoms with Gasteiger partial charge < -0.3 is 37.9 Å². The summed E-state index contributed by atoms with van der Waals surface area (Å²) in [6.07, 6.45) is 3.35. The van der Waals surface area contributed by atoms with Crippen molar-refractivity contribution in [1.82, 2.24) is 0 Å². The fraction of sp³-hybridized carbons (Fsp3) is 0.591. The van der Waals surface area contributed by atoms with Crippen molar-refractivity contribution >= 4 is 0 Å². The lowest BCUT2D eigenvalue weighted by Gasteiger charge is -2.32. The maximum absolute atomic E-state index is 6.38. The summed E-state index contributed by atoms with van der Waals surface area (Å²) in [4.78, 5) is 0. The minimum atomic E-state index is -0.388. The largest absolute Gasteiger partial charge is 0.465 e. The van der Waals surface area contributed by atoms with Crippen molar-refractivity contribution < 1.29 is 37.9 Å². The van der Waals surface area contributed by atoms with Crippen molar-refractivity contribution in [3.63, 3.8) is 0 Å². The van der Waals surface area contributed by atoms with Gasteiger partial charge in [-0.25, -0.2) is 0 Å². The zero-order chi connectivity index (χ0) is 38.3. The highest BCUT2D eigenvalue weighted by Crippen LogP contribution is 2.41. The van der Waals surface area contributed by atoms with E-state index in [0.29, 0.717) is 39.6 Å². The van der Waals surface area contributed by atoms with Crippen LogP contribution >= 0.6 is 0 Å². The first-order valence-corrected chi connectivity index (χ1v) is 18.8. The predicted octanol–water partition coefficient (Wildman–Crippen LogP) is 10.0. The molecule has 0 radical (unpaired) electrons. The van der Waals surface area contributed by atoms with E-state index in [0.717, 1.165) is 70.6 Å². The number of ether oxygens (including phenoxy) is 8. The van der Waals surface area contributed by atoms with Gasteiger partial charge in [-0.3, -0.25) is 0 Å². The van der Waals surface area contributed by atoms with E-state index in [1.807, 2.05) is 13.8 Å². The monoisotopic (exact) mass is 722 g/mol. The standard InChI is InChI=1S/C44H66O8/c1-13-15-21-49-31(3)51-41-33(27-45-9)23-39(24-34(41)28-46-10)43(5,6)37-17-19-38(20-18-37)44(7,8)40-25-35(29-47-11)42(36(26-40)30-48-12)52-32(4)50-22-16-14-2/h17-20,23-26,31-32H,13-16,21-22,27-30H2,1-12H3. The Morgan fingerprint density at radius 3 is 1.02 bits per heavy atom. The Labute approximate surface area is 314 Å². The lowest BCUT2D eigenvalue weighted by molar-refractivity contribution is -0.0695. The third-order valence-corrected chi connectivity index (χ3v) is 9.73. The maximum Gasteiger partial charge on any atom is 0.197 e. The number of benzene rings is 3. The van der Waals surface area contributed by atoms with E-state index in [9.17, 15) is 0 Å². The SMILES string of the molecule is CCCCOC(C)Oc1c(COC)cc(C(C)(C)c2ccc(C(C)(C)c3cc(COC)c(OC(C)OCCCC)c(COC)c3)cc2)cc1COC. The third-order valence-electron chi connectivity index (χ3n) is 9.73. The Hall–Kier alpha value is -2.98. The van der Waals surface area contributed by atoms with Crippen molar-refractivity contribution in [3.05, 3.63) is 93.0 Å². The Bertz CT molecular complexity index is 1330. The van der Waals surface area contributed by atoms with Gasteiger partial charge in [0.15, 0.2) is 12.6 Å². The Morgan fingerprint density at radius 1 is 0.481 bits per heavy atom. The summed E-state index contributed by atoms with van der Waals surface area (Å²) in [6.45, 7) is 20.2. The van der Waals surface area contributed by atoms with Gasteiger partial charge in [0.25, 0.3) is 0 Å². The second kappa shape index (κ2) is 21.0. The molecule has 0 amide bonds. The summed E-state index contributed by atoms with van der Waals surface area (Å²) < 4.78 is 47.2. The number of unbranched alkanes of at least 4 members (excludes halogenated alkanes) is 2. The molecule has 3 aromatic carbocycles. The summed E-state index contributed by atoms with van der Waals surface area (Å²) in [5, 5.41) is 0. The van der Waals surface area contributed by atoms with Gasteiger partial charge in [0.1, 0.15) is 11.5 Å². The Balaban J connectivity index is 1.99. The molecule has 2 unspecified atom stereocenters. The van der Waals surface area contributed by atoms with E-state index in [4.69, 9.17) is 37.9 Å². The molecule has 2 atom stereocenters. The minimum absolute atomic E-state index is 0.318. The molecule has 290 valence electrons. The average Bonchev–Trinajstić information content (AvgIpc) is 3.11. The zero-order valence-corrected chi connectivity index (χ0v) is 34.1. The van der Waals surface area contributed by atoms with Crippen molar-refractivity contribution in [2.24, 2.45) is 0 Å². The molecular weight excluding hydrogens is 656 g/mol. The second-order valence-electron chi connectivity index (χ2n) is 14.6. The molecule has 0 N–H and O–H groups in total. The third kappa shape index (κ3) is 11.5. The molecule has 0 saturated heterocycles. The first-order valence-electron chi connectivity index (χ1n) is 18.8. The fourth-order valence-corrected chi connectivity index (χ4v) is 6.41. The summed E-state index contributed by atoms with van der Waals surface area (Å²) in [5.74, 6) is 1.53. The van der Waals surface area contributed by atoms with Crippen LogP contribution in [0.1, 0.15) is 126 Å². The fourth-order valence-electron chi connectivity index (χ4n) is 6.41. The van der Waals surface area contributed by atoms with E-state index in [1.165, 1.54) is 11.1 Å². The molecule has 52 heavy (non-hydrogen) atoms. The van der Waals surface area contributed by atoms with Gasteiger partial charge in [-0.2, -0.15) is 0 Å². The lowest BCUT2D eigenvalue weighted by Crippen LogP contribution is -2.24. The smallest absolute Gasteiger partial charge is 0.197 e. The molecule has 8 heteroatoms. The van der Waals surface area contributed by atoms with Crippen molar-refractivity contribution in [2.75, 3.05) is 41.7 Å². The average molecular weight is 723 g/mol. The molecule has 3 aromatic rings. The number of methoxy groups -OCH3 is 4. The van der Waals surface area contributed by atoms with Gasteiger partial charge in [0, 0.05) is 61.5 Å². The van der Waals surface area contributed by atoms with Crippen molar-refractivity contribution in [3.8, 4) is 11.5 Å². The highest BCUT2D eigenvalue weighted by atomic mass is 16.7. The first kappa shape index (κ1) is 43.4. The molecule has 0 spiro atoms. The van der Waals surface area contributed by atoms with Crippen molar-refractivity contribution in [1.29, 1.82) is 0 Å². The van der Waals surface area contributed by atoms with Crippen LogP contribution in [0.2, 0.25) is 0 Å². The number of hydrogen-bond acceptors (Lipinski definition) is 8. The molecule has 0 aliphatic rings. The van der Waals surface area contributed by atoms with E-state index in [1.54, 1.807) is 28.4 Å². The molecule has 0 fully saturated rings. The Morgan fingerprint density at radius 2 is 0.769 bits per heavy atom. The summed E-state index contributed by atoms with van der Waals surface area (Å²) in [6, 6.07) is 17.8. The molecule has 0 saturated carbocycles. The van der Waals surface area contributed by atoms with E-state index < -0.39 is 0 Å². The van der Waals surface area contributed by atoms with Crippen LogP contribution in [0.25, 0.3) is 0 Å². The summed E-state index contributed by atoms with van der Waals surface area (Å²) in [5.41, 5.74) is 7.95. The van der Waals surface area contributed by atoms with Crippen LogP contribution in [0.15, 0.2) is 48.5 Å². The number of hydrogen-bond donors (Lipinski definition) is 0. The summed E-state index contributed by atoms with van der Waals surface area (Å²) >= 11 is 0. The first-order chi connectivity index (χ1) is 24.9. The van der Waals surface area contributed by atoms with Crippen molar-refractivity contribution in [2.45, 2.75) is 131 Å². The molecule has 0 aliphatic heterocycles.